The summed E-state index contributed by atoms with van der Waals surface area (Å²) in [6.45, 7) is 3.11. The number of ether oxygens (including phenoxy) is 1. The number of hydrogen-bond acceptors (Lipinski definition) is 3. The van der Waals surface area contributed by atoms with Crippen LogP contribution >= 0.6 is 0 Å². The van der Waals surface area contributed by atoms with Crippen LogP contribution in [0.15, 0.2) is 18.2 Å². The molecule has 0 aromatic heterocycles. The zero-order valence-electron chi connectivity index (χ0n) is 11.7. The van der Waals surface area contributed by atoms with Crippen molar-refractivity contribution in [2.45, 2.75) is 38.6 Å². The van der Waals surface area contributed by atoms with Crippen LogP contribution in [0.4, 0.5) is 5.69 Å². The summed E-state index contributed by atoms with van der Waals surface area (Å²) >= 11 is 0. The van der Waals surface area contributed by atoms with Gasteiger partial charge in [0.15, 0.2) is 0 Å². The number of nitrogens with one attached hydrogen (secondary N) is 2. The number of carbonyl (C=O) groups excluding carboxylic acids is 1. The molecule has 1 aliphatic rings. The summed E-state index contributed by atoms with van der Waals surface area (Å²) < 4.78 is 5.29. The third-order valence-corrected chi connectivity index (χ3v) is 3.54. The summed E-state index contributed by atoms with van der Waals surface area (Å²) in [5.41, 5.74) is 1.96. The maximum absolute atomic E-state index is 12.0. The highest BCUT2D eigenvalue weighted by Gasteiger charge is 2.18. The van der Waals surface area contributed by atoms with E-state index in [1.807, 2.05) is 18.2 Å². The standard InChI is InChI=1S/C15H22N2O2/c1-3-11-6-7-14(19-2)13(9-11)17-15(18)10-12-5-4-8-16-12/h6-7,9,12,16H,3-5,8,10H2,1-2H3,(H,17,18). The average molecular weight is 262 g/mol. The number of hydrogen-bond donors (Lipinski definition) is 2. The van der Waals surface area contributed by atoms with E-state index in [0.29, 0.717) is 18.2 Å². The average Bonchev–Trinajstić information content (AvgIpc) is 2.91. The topological polar surface area (TPSA) is 50.4 Å². The molecule has 1 atom stereocenters. The van der Waals surface area contributed by atoms with Crippen molar-refractivity contribution in [3.8, 4) is 5.75 Å². The fourth-order valence-corrected chi connectivity index (χ4v) is 2.43. The summed E-state index contributed by atoms with van der Waals surface area (Å²) in [6, 6.07) is 6.23. The maximum atomic E-state index is 12.0. The SMILES string of the molecule is CCc1ccc(OC)c(NC(=O)CC2CCCN2)c1. The van der Waals surface area contributed by atoms with Gasteiger partial charge in [-0.3, -0.25) is 4.79 Å². The largest absolute Gasteiger partial charge is 0.495 e. The molecule has 0 aliphatic carbocycles. The Morgan fingerprint density at radius 2 is 2.37 bits per heavy atom. The highest BCUT2D eigenvalue weighted by atomic mass is 16.5. The number of methoxy groups -OCH3 is 1. The van der Waals surface area contributed by atoms with Crippen molar-refractivity contribution in [2.75, 3.05) is 19.0 Å². The molecule has 0 radical (unpaired) electrons. The molecule has 0 spiro atoms. The first-order valence-corrected chi connectivity index (χ1v) is 6.93. The van der Waals surface area contributed by atoms with E-state index in [1.165, 1.54) is 5.56 Å². The van der Waals surface area contributed by atoms with E-state index in [4.69, 9.17) is 4.74 Å². The predicted octanol–water partition coefficient (Wildman–Crippen LogP) is 2.34. The lowest BCUT2D eigenvalue weighted by Gasteiger charge is -2.13. The van der Waals surface area contributed by atoms with Crippen molar-refractivity contribution in [3.63, 3.8) is 0 Å². The van der Waals surface area contributed by atoms with Gasteiger partial charge in [-0.25, -0.2) is 0 Å². The van der Waals surface area contributed by atoms with Crippen molar-refractivity contribution in [3.05, 3.63) is 23.8 Å². The summed E-state index contributed by atoms with van der Waals surface area (Å²) in [6.07, 6.45) is 3.71. The third kappa shape index (κ3) is 3.70. The van der Waals surface area contributed by atoms with E-state index in [2.05, 4.69) is 17.6 Å². The van der Waals surface area contributed by atoms with E-state index in [-0.39, 0.29) is 5.91 Å². The molecule has 4 nitrogen and oxygen atoms in total. The minimum absolute atomic E-state index is 0.0472. The van der Waals surface area contributed by atoms with Gasteiger partial charge >= 0.3 is 0 Å². The first-order chi connectivity index (χ1) is 9.22. The van der Waals surface area contributed by atoms with E-state index >= 15 is 0 Å². The lowest BCUT2D eigenvalue weighted by atomic mass is 10.1. The minimum atomic E-state index is 0.0472. The summed E-state index contributed by atoms with van der Waals surface area (Å²) in [5, 5.41) is 6.29. The molecule has 104 valence electrons. The zero-order valence-corrected chi connectivity index (χ0v) is 11.7. The lowest BCUT2D eigenvalue weighted by Crippen LogP contribution is -2.27. The Hall–Kier alpha value is -1.55. The summed E-state index contributed by atoms with van der Waals surface area (Å²) in [7, 11) is 1.62. The van der Waals surface area contributed by atoms with Gasteiger partial charge in [0.1, 0.15) is 5.75 Å². The number of carbonyl (C=O) groups is 1. The molecule has 1 aliphatic heterocycles. The maximum Gasteiger partial charge on any atom is 0.226 e. The minimum Gasteiger partial charge on any atom is -0.495 e. The quantitative estimate of drug-likeness (QED) is 0.856. The highest BCUT2D eigenvalue weighted by Crippen LogP contribution is 2.26. The molecule has 0 saturated carbocycles. The van der Waals surface area contributed by atoms with E-state index in [1.54, 1.807) is 7.11 Å². The molecular formula is C15H22N2O2. The van der Waals surface area contributed by atoms with Crippen molar-refractivity contribution < 1.29 is 9.53 Å². The fraction of sp³-hybridized carbons (Fsp3) is 0.533. The second-order valence-corrected chi connectivity index (χ2v) is 4.93. The number of anilines is 1. The van der Waals surface area contributed by atoms with Gasteiger partial charge in [0.2, 0.25) is 5.91 Å². The van der Waals surface area contributed by atoms with Crippen LogP contribution in [0.1, 0.15) is 31.7 Å². The van der Waals surface area contributed by atoms with Crippen molar-refractivity contribution in [2.24, 2.45) is 0 Å². The van der Waals surface area contributed by atoms with E-state index in [9.17, 15) is 4.79 Å². The van der Waals surface area contributed by atoms with Crippen LogP contribution in [-0.4, -0.2) is 25.6 Å². The zero-order chi connectivity index (χ0) is 13.7. The molecule has 1 aromatic carbocycles. The number of aryl methyl sites for hydroxylation is 1. The number of benzene rings is 1. The Bertz CT molecular complexity index is 440. The van der Waals surface area contributed by atoms with Gasteiger partial charge in [-0.2, -0.15) is 0 Å². The number of amides is 1. The molecule has 1 fully saturated rings. The van der Waals surface area contributed by atoms with Crippen LogP contribution in [-0.2, 0) is 11.2 Å². The first kappa shape index (κ1) is 13.9. The fourth-order valence-electron chi connectivity index (χ4n) is 2.43. The number of rotatable bonds is 5. The van der Waals surface area contributed by atoms with Crippen LogP contribution in [0.2, 0.25) is 0 Å². The molecule has 2 rings (SSSR count). The molecule has 19 heavy (non-hydrogen) atoms. The molecule has 1 amide bonds. The first-order valence-electron chi connectivity index (χ1n) is 6.93. The molecule has 1 aromatic rings. The van der Waals surface area contributed by atoms with Gasteiger partial charge in [-0.1, -0.05) is 13.0 Å². The van der Waals surface area contributed by atoms with Crippen LogP contribution in [0, 0.1) is 0 Å². The van der Waals surface area contributed by atoms with Crippen LogP contribution in [0.3, 0.4) is 0 Å². The van der Waals surface area contributed by atoms with Crippen molar-refractivity contribution >= 4 is 11.6 Å². The van der Waals surface area contributed by atoms with Gasteiger partial charge in [-0.15, -0.1) is 0 Å². The monoisotopic (exact) mass is 262 g/mol. The highest BCUT2D eigenvalue weighted by molar-refractivity contribution is 5.92. The second kappa shape index (κ2) is 6.57. The molecule has 2 N–H and O–H groups in total. The third-order valence-electron chi connectivity index (χ3n) is 3.54. The van der Waals surface area contributed by atoms with Gasteiger partial charge in [-0.05, 0) is 43.5 Å². The predicted molar refractivity (Wildman–Crippen MR) is 76.6 cm³/mol. The Morgan fingerprint density at radius 1 is 1.53 bits per heavy atom. The Morgan fingerprint density at radius 3 is 3.00 bits per heavy atom. The van der Waals surface area contributed by atoms with E-state index in [0.717, 1.165) is 31.5 Å². The Labute approximate surface area is 114 Å². The van der Waals surface area contributed by atoms with Gasteiger partial charge < -0.3 is 15.4 Å². The van der Waals surface area contributed by atoms with Gasteiger partial charge in [0.25, 0.3) is 0 Å². The second-order valence-electron chi connectivity index (χ2n) is 4.93. The van der Waals surface area contributed by atoms with Crippen LogP contribution < -0.4 is 15.4 Å². The molecular weight excluding hydrogens is 240 g/mol. The molecule has 1 unspecified atom stereocenters. The Balaban J connectivity index is 2.01. The van der Waals surface area contributed by atoms with Crippen molar-refractivity contribution in [1.29, 1.82) is 0 Å². The summed E-state index contributed by atoms with van der Waals surface area (Å²) in [4.78, 5) is 12.0. The van der Waals surface area contributed by atoms with Crippen LogP contribution in [0.5, 0.6) is 5.75 Å². The Kier molecular flexibility index (Phi) is 4.80. The molecule has 1 saturated heterocycles. The summed E-state index contributed by atoms with van der Waals surface area (Å²) in [5.74, 6) is 0.760. The molecule has 4 heteroatoms. The molecule has 0 bridgehead atoms. The molecule has 1 heterocycles. The lowest BCUT2D eigenvalue weighted by molar-refractivity contribution is -0.116. The van der Waals surface area contributed by atoms with Gasteiger partial charge in [0.05, 0.1) is 12.8 Å². The van der Waals surface area contributed by atoms with E-state index < -0.39 is 0 Å². The van der Waals surface area contributed by atoms with Crippen molar-refractivity contribution in [1.82, 2.24) is 5.32 Å². The van der Waals surface area contributed by atoms with Gasteiger partial charge in [0, 0.05) is 12.5 Å². The van der Waals surface area contributed by atoms with Crippen LogP contribution in [0.25, 0.3) is 0 Å². The normalized spacial score (nSPS) is 18.3. The smallest absolute Gasteiger partial charge is 0.226 e.